The molecule has 154 valence electrons. The Morgan fingerprint density at radius 3 is 2.31 bits per heavy atom. The van der Waals surface area contributed by atoms with Gasteiger partial charge in [-0.05, 0) is 48.0 Å². The third-order valence-electron chi connectivity index (χ3n) is 3.87. The lowest BCUT2D eigenvalue weighted by molar-refractivity contribution is -0.230. The molecule has 2 rings (SSSR count). The van der Waals surface area contributed by atoms with E-state index in [2.05, 4.69) is 0 Å². The van der Waals surface area contributed by atoms with Crippen LogP contribution in [0.5, 0.6) is 0 Å². The molecule has 0 fully saturated rings. The molecule has 29 heavy (non-hydrogen) atoms. The molecule has 0 aromatic heterocycles. The molecular weight excluding hydrogens is 447 g/mol. The van der Waals surface area contributed by atoms with E-state index >= 15 is 0 Å². The molecule has 0 saturated carbocycles. The van der Waals surface area contributed by atoms with Gasteiger partial charge in [0, 0.05) is 16.9 Å². The number of thioether (sulfide) groups is 1. The zero-order valence-corrected chi connectivity index (χ0v) is 17.3. The highest BCUT2D eigenvalue weighted by atomic mass is 35.5. The van der Waals surface area contributed by atoms with Crippen LogP contribution >= 0.6 is 23.4 Å². The monoisotopic (exact) mass is 461 g/mol. The first-order chi connectivity index (χ1) is 13.4. The summed E-state index contributed by atoms with van der Waals surface area (Å²) >= 11 is 6.60. The summed E-state index contributed by atoms with van der Waals surface area (Å²) in [6.45, 7) is 0. The van der Waals surface area contributed by atoms with E-state index in [-0.39, 0.29) is 15.5 Å². The number of nitriles is 1. The smallest absolute Gasteiger partial charge is 0.376 e. The fourth-order valence-electron chi connectivity index (χ4n) is 2.16. The molecule has 0 aliphatic rings. The van der Waals surface area contributed by atoms with Gasteiger partial charge in [-0.2, -0.15) is 18.4 Å². The second kappa shape index (κ2) is 8.79. The maximum atomic E-state index is 13.5. The van der Waals surface area contributed by atoms with Crippen molar-refractivity contribution in [3.63, 3.8) is 0 Å². The molecule has 0 spiro atoms. The summed E-state index contributed by atoms with van der Waals surface area (Å²) < 4.78 is 63.3. The Bertz CT molecular complexity index is 1060. The molecular formula is C19H15ClF3NO3S2. The minimum Gasteiger partial charge on any atom is -0.376 e. The van der Waals surface area contributed by atoms with Gasteiger partial charge < -0.3 is 5.11 Å². The molecule has 0 radical (unpaired) electrons. The highest BCUT2D eigenvalue weighted by molar-refractivity contribution is 7.99. The van der Waals surface area contributed by atoms with Crippen molar-refractivity contribution >= 4 is 39.3 Å². The Balaban J connectivity index is 2.22. The number of alkyl halides is 3. The summed E-state index contributed by atoms with van der Waals surface area (Å²) in [6.07, 6.45) is -2.21. The number of sulfone groups is 1. The molecule has 0 heterocycles. The summed E-state index contributed by atoms with van der Waals surface area (Å²) in [5.41, 5.74) is -2.66. The SMILES string of the molecule is CS(=O)(=O)c1ccc(SCC(O)(/C=C/c2ccc(C#N)c(Cl)c2)C(F)(F)F)cc1. The molecule has 0 aliphatic carbocycles. The fraction of sp³-hybridized carbons (Fsp3) is 0.211. The third kappa shape index (κ3) is 6.00. The molecule has 1 N–H and O–H groups in total. The van der Waals surface area contributed by atoms with Gasteiger partial charge in [-0.15, -0.1) is 11.8 Å². The van der Waals surface area contributed by atoms with Crippen molar-refractivity contribution in [1.29, 1.82) is 5.26 Å². The Kier molecular flexibility index (Phi) is 7.06. The van der Waals surface area contributed by atoms with Crippen LogP contribution in [-0.2, 0) is 9.84 Å². The van der Waals surface area contributed by atoms with Gasteiger partial charge in [-0.25, -0.2) is 8.42 Å². The Labute approximate surface area is 175 Å². The Morgan fingerprint density at radius 2 is 1.83 bits per heavy atom. The largest absolute Gasteiger partial charge is 0.421 e. The molecule has 10 heteroatoms. The third-order valence-corrected chi connectivity index (χ3v) is 6.50. The number of rotatable bonds is 6. The summed E-state index contributed by atoms with van der Waals surface area (Å²) in [6, 6.07) is 11.3. The van der Waals surface area contributed by atoms with E-state index in [0.717, 1.165) is 24.1 Å². The minimum atomic E-state index is -4.94. The Morgan fingerprint density at radius 1 is 1.21 bits per heavy atom. The first-order valence-electron chi connectivity index (χ1n) is 7.97. The van der Waals surface area contributed by atoms with Gasteiger partial charge in [0.15, 0.2) is 15.4 Å². The lowest BCUT2D eigenvalue weighted by Gasteiger charge is -2.27. The Hall–Kier alpha value is -1.99. The van der Waals surface area contributed by atoms with Crippen LogP contribution in [0.2, 0.25) is 5.02 Å². The zero-order valence-electron chi connectivity index (χ0n) is 14.9. The molecule has 0 aliphatic heterocycles. The van der Waals surface area contributed by atoms with Gasteiger partial charge in [0.05, 0.1) is 15.5 Å². The summed E-state index contributed by atoms with van der Waals surface area (Å²) in [5.74, 6) is -0.741. The molecule has 0 saturated heterocycles. The summed E-state index contributed by atoms with van der Waals surface area (Å²) in [4.78, 5) is 0.417. The van der Waals surface area contributed by atoms with Crippen LogP contribution in [-0.4, -0.2) is 37.3 Å². The van der Waals surface area contributed by atoms with Crippen LogP contribution in [0.25, 0.3) is 6.08 Å². The van der Waals surface area contributed by atoms with Crippen molar-refractivity contribution in [2.75, 3.05) is 12.0 Å². The van der Waals surface area contributed by atoms with Gasteiger partial charge in [0.1, 0.15) is 6.07 Å². The first kappa shape index (κ1) is 23.3. The van der Waals surface area contributed by atoms with Crippen molar-refractivity contribution in [2.24, 2.45) is 0 Å². The highest BCUT2D eigenvalue weighted by Crippen LogP contribution is 2.37. The average Bonchev–Trinajstić information content (AvgIpc) is 2.63. The van der Waals surface area contributed by atoms with Crippen LogP contribution < -0.4 is 0 Å². The average molecular weight is 462 g/mol. The number of nitrogens with zero attached hydrogens (tertiary/aromatic N) is 1. The van der Waals surface area contributed by atoms with Crippen LogP contribution in [0, 0.1) is 11.3 Å². The second-order valence-corrected chi connectivity index (χ2v) is 9.61. The maximum Gasteiger partial charge on any atom is 0.421 e. The van der Waals surface area contributed by atoms with Crippen molar-refractivity contribution in [3.05, 3.63) is 64.7 Å². The van der Waals surface area contributed by atoms with E-state index in [1.807, 2.05) is 6.07 Å². The minimum absolute atomic E-state index is 0.0468. The number of hydrogen-bond acceptors (Lipinski definition) is 5. The maximum absolute atomic E-state index is 13.5. The molecule has 0 amide bonds. The fourth-order valence-corrected chi connectivity index (χ4v) is 4.00. The summed E-state index contributed by atoms with van der Waals surface area (Å²) in [7, 11) is -3.41. The van der Waals surface area contributed by atoms with E-state index in [1.54, 1.807) is 0 Å². The van der Waals surface area contributed by atoms with E-state index < -0.39 is 27.4 Å². The summed E-state index contributed by atoms with van der Waals surface area (Å²) in [5, 5.41) is 19.1. The number of hydrogen-bond donors (Lipinski definition) is 1. The van der Waals surface area contributed by atoms with E-state index in [9.17, 15) is 26.7 Å². The quantitative estimate of drug-likeness (QED) is 0.630. The van der Waals surface area contributed by atoms with Crippen LogP contribution in [0.1, 0.15) is 11.1 Å². The lowest BCUT2D eigenvalue weighted by atomic mass is 10.0. The predicted molar refractivity (Wildman–Crippen MR) is 106 cm³/mol. The molecule has 2 aromatic rings. The number of halogens is 4. The van der Waals surface area contributed by atoms with E-state index in [0.29, 0.717) is 16.5 Å². The second-order valence-electron chi connectivity index (χ2n) is 6.14. The van der Waals surface area contributed by atoms with Gasteiger partial charge in [0.25, 0.3) is 0 Å². The van der Waals surface area contributed by atoms with Crippen LogP contribution in [0.3, 0.4) is 0 Å². The lowest BCUT2D eigenvalue weighted by Crippen LogP contribution is -2.45. The number of aliphatic hydroxyl groups is 1. The number of benzene rings is 2. The van der Waals surface area contributed by atoms with Crippen LogP contribution in [0.4, 0.5) is 13.2 Å². The van der Waals surface area contributed by atoms with Gasteiger partial charge in [0.2, 0.25) is 0 Å². The molecule has 1 atom stereocenters. The van der Waals surface area contributed by atoms with Gasteiger partial charge in [-0.1, -0.05) is 23.7 Å². The highest BCUT2D eigenvalue weighted by Gasteiger charge is 2.51. The van der Waals surface area contributed by atoms with Crippen molar-refractivity contribution < 1.29 is 26.7 Å². The molecule has 4 nitrogen and oxygen atoms in total. The molecule has 1 unspecified atom stereocenters. The van der Waals surface area contributed by atoms with Crippen LogP contribution in [0.15, 0.2) is 58.3 Å². The van der Waals surface area contributed by atoms with E-state index in [4.69, 9.17) is 16.9 Å². The van der Waals surface area contributed by atoms with Gasteiger partial charge >= 0.3 is 6.18 Å². The zero-order chi connectivity index (χ0) is 21.9. The molecule has 2 aromatic carbocycles. The van der Waals surface area contributed by atoms with Crippen molar-refractivity contribution in [1.82, 2.24) is 0 Å². The van der Waals surface area contributed by atoms with Gasteiger partial charge in [-0.3, -0.25) is 0 Å². The standard InChI is InChI=1S/C19H15ClF3NO3S2/c1-29(26,27)16-6-4-15(5-7-16)28-12-18(25,19(21,22)23)9-8-13-2-3-14(11-24)17(20)10-13/h2-10,25H,12H2,1H3/b9-8+. The first-order valence-corrected chi connectivity index (χ1v) is 11.2. The molecule has 0 bridgehead atoms. The topological polar surface area (TPSA) is 78.2 Å². The van der Waals surface area contributed by atoms with E-state index in [1.165, 1.54) is 42.5 Å². The van der Waals surface area contributed by atoms with Crippen molar-refractivity contribution in [3.8, 4) is 6.07 Å². The van der Waals surface area contributed by atoms with Crippen molar-refractivity contribution in [2.45, 2.75) is 21.6 Å². The normalized spacial score (nSPS) is 14.5. The predicted octanol–water partition coefficient (Wildman–Crippen LogP) is 4.71.